The lowest BCUT2D eigenvalue weighted by Gasteiger charge is -2.27. The maximum atomic E-state index is 13.5. The van der Waals surface area contributed by atoms with Crippen LogP contribution in [0.3, 0.4) is 0 Å². The average Bonchev–Trinajstić information content (AvgIpc) is 3.33. The van der Waals surface area contributed by atoms with E-state index in [9.17, 15) is 19.0 Å². The second kappa shape index (κ2) is 51.7. The number of likely N-dealkylation sites (N-methyl/N-ethyl adjacent to an activating group) is 1. The first-order chi connectivity index (χ1) is 34.4. The Morgan fingerprint density at radius 3 is 1.21 bits per heavy atom. The van der Waals surface area contributed by atoms with Crippen molar-refractivity contribution in [3.63, 3.8) is 0 Å². The number of allylic oxidation sites excluding steroid dienone is 5. The van der Waals surface area contributed by atoms with Crippen molar-refractivity contribution in [2.45, 2.75) is 303 Å². The summed E-state index contributed by atoms with van der Waals surface area (Å²) >= 11 is 0. The molecule has 3 atom stereocenters. The van der Waals surface area contributed by atoms with Crippen LogP contribution < -0.4 is 5.32 Å². The van der Waals surface area contributed by atoms with Gasteiger partial charge in [-0.05, 0) is 83.1 Å². The summed E-state index contributed by atoms with van der Waals surface area (Å²) in [6, 6.07) is -0.852. The van der Waals surface area contributed by atoms with Crippen LogP contribution in [0.5, 0.6) is 0 Å². The quantitative estimate of drug-likeness (QED) is 0.0205. The van der Waals surface area contributed by atoms with Crippen molar-refractivity contribution in [3.05, 3.63) is 36.5 Å². The molecule has 0 saturated carbocycles. The zero-order valence-electron chi connectivity index (χ0n) is 47.7. The third-order valence-electron chi connectivity index (χ3n) is 13.6. The molecule has 3 unspecified atom stereocenters. The number of carbonyl (C=O) groups excluding carboxylic acids is 2. The van der Waals surface area contributed by atoms with E-state index < -0.39 is 20.0 Å². The monoisotopic (exact) mass is 1020 g/mol. The number of amides is 1. The Kier molecular flexibility index (Phi) is 50.4. The molecule has 0 aromatic heterocycles. The van der Waals surface area contributed by atoms with Crippen LogP contribution in [0.15, 0.2) is 36.5 Å². The summed E-state index contributed by atoms with van der Waals surface area (Å²) in [5.74, 6) is -0.516. The first-order valence-electron chi connectivity index (χ1n) is 30.3. The van der Waals surface area contributed by atoms with Crippen LogP contribution >= 0.6 is 7.82 Å². The van der Waals surface area contributed by atoms with Crippen LogP contribution in [0.25, 0.3) is 0 Å². The first kappa shape index (κ1) is 69.2. The van der Waals surface area contributed by atoms with Gasteiger partial charge in [0, 0.05) is 12.8 Å². The van der Waals surface area contributed by atoms with Crippen molar-refractivity contribution < 1.29 is 37.3 Å². The molecule has 0 bridgehead atoms. The Labute approximate surface area is 440 Å². The highest BCUT2D eigenvalue weighted by atomic mass is 31.2. The number of hydrogen-bond donors (Lipinski definition) is 2. The molecule has 0 fully saturated rings. The molecule has 9 nitrogen and oxygen atoms in total. The molecule has 0 rings (SSSR count). The van der Waals surface area contributed by atoms with E-state index in [1.54, 1.807) is 0 Å². The SMILES string of the molecule is CCCCCCCC/C=C\CCCCCC(=O)NC(COP(=O)(O)OCC[N+](C)(C)C)C(/C=C\CCCCCCCCCCC)OC(=O)CCCCCCCCCCCCC/C=C/CCCCCCCC. The second-order valence-corrected chi connectivity index (χ2v) is 23.3. The van der Waals surface area contributed by atoms with Gasteiger partial charge in [0.1, 0.15) is 19.3 Å². The largest absolute Gasteiger partial charge is 0.472 e. The molecule has 0 aromatic carbocycles. The number of quaternary nitrogens is 1. The Bertz CT molecular complexity index is 1310. The molecule has 0 spiro atoms. The predicted molar refractivity (Wildman–Crippen MR) is 305 cm³/mol. The van der Waals surface area contributed by atoms with Gasteiger partial charge in [-0.3, -0.25) is 18.6 Å². The number of nitrogens with zero attached hydrogens (tertiary/aromatic N) is 1. The smallest absolute Gasteiger partial charge is 0.456 e. The number of rotatable bonds is 55. The maximum absolute atomic E-state index is 13.5. The van der Waals surface area contributed by atoms with Gasteiger partial charge in [0.15, 0.2) is 0 Å². The fourth-order valence-corrected chi connectivity index (χ4v) is 9.55. The van der Waals surface area contributed by atoms with Crippen molar-refractivity contribution in [2.24, 2.45) is 0 Å². The molecule has 0 aliphatic carbocycles. The van der Waals surface area contributed by atoms with E-state index in [1.165, 1.54) is 186 Å². The van der Waals surface area contributed by atoms with Crippen molar-refractivity contribution in [1.82, 2.24) is 5.32 Å². The molecule has 0 radical (unpaired) electrons. The Morgan fingerprint density at radius 1 is 0.479 bits per heavy atom. The molecule has 0 aliphatic rings. The van der Waals surface area contributed by atoms with E-state index in [0.29, 0.717) is 23.9 Å². The molecular weight excluding hydrogens is 904 g/mol. The number of carbonyl (C=O) groups is 2. The topological polar surface area (TPSA) is 111 Å². The summed E-state index contributed by atoms with van der Waals surface area (Å²) < 4.78 is 30.6. The summed E-state index contributed by atoms with van der Waals surface area (Å²) in [5, 5.41) is 3.04. The highest BCUT2D eigenvalue weighted by molar-refractivity contribution is 7.47. The van der Waals surface area contributed by atoms with Gasteiger partial charge < -0.3 is 19.4 Å². The summed E-state index contributed by atoms with van der Waals surface area (Å²) in [6.45, 7) is 7.00. The Morgan fingerprint density at radius 2 is 0.817 bits per heavy atom. The number of unbranched alkanes of at least 4 members (excludes halogenated alkanes) is 35. The van der Waals surface area contributed by atoms with Gasteiger partial charge in [-0.25, -0.2) is 4.57 Å². The maximum Gasteiger partial charge on any atom is 0.472 e. The zero-order valence-corrected chi connectivity index (χ0v) is 48.6. The second-order valence-electron chi connectivity index (χ2n) is 21.9. The van der Waals surface area contributed by atoms with Gasteiger partial charge in [0.25, 0.3) is 0 Å². The van der Waals surface area contributed by atoms with Crippen molar-refractivity contribution in [2.75, 3.05) is 40.9 Å². The molecule has 2 N–H and O–H groups in total. The number of phosphoric acid groups is 1. The van der Waals surface area contributed by atoms with Crippen molar-refractivity contribution >= 4 is 19.7 Å². The average molecular weight is 1020 g/mol. The van der Waals surface area contributed by atoms with E-state index >= 15 is 0 Å². The molecule has 1 amide bonds. The van der Waals surface area contributed by atoms with Gasteiger partial charge in [0.05, 0.1) is 33.8 Å². The normalized spacial score (nSPS) is 14.0. The fraction of sp³-hybridized carbons (Fsp3) is 0.869. The van der Waals surface area contributed by atoms with Crippen LogP contribution in [0.2, 0.25) is 0 Å². The number of nitrogens with one attached hydrogen (secondary N) is 1. The van der Waals surface area contributed by atoms with E-state index in [-0.39, 0.29) is 25.1 Å². The summed E-state index contributed by atoms with van der Waals surface area (Å²) in [4.78, 5) is 37.6. The van der Waals surface area contributed by atoms with Crippen molar-refractivity contribution in [1.29, 1.82) is 0 Å². The third kappa shape index (κ3) is 52.9. The van der Waals surface area contributed by atoms with Crippen LogP contribution in [0.1, 0.15) is 290 Å². The summed E-state index contributed by atoms with van der Waals surface area (Å²) in [7, 11) is 1.49. The summed E-state index contributed by atoms with van der Waals surface area (Å²) in [6.07, 6.45) is 61.4. The lowest BCUT2D eigenvalue weighted by atomic mass is 10.0. The van der Waals surface area contributed by atoms with E-state index in [4.69, 9.17) is 13.8 Å². The Hall–Kier alpha value is -1.77. The number of esters is 1. The third-order valence-corrected chi connectivity index (χ3v) is 14.5. The minimum atomic E-state index is -4.44. The van der Waals surface area contributed by atoms with E-state index in [1.807, 2.05) is 33.3 Å². The van der Waals surface area contributed by atoms with E-state index in [0.717, 1.165) is 70.6 Å². The number of hydrogen-bond acceptors (Lipinski definition) is 6. The van der Waals surface area contributed by atoms with Gasteiger partial charge >= 0.3 is 13.8 Å². The molecule has 0 aromatic rings. The van der Waals surface area contributed by atoms with Gasteiger partial charge in [-0.1, -0.05) is 231 Å². The van der Waals surface area contributed by atoms with Gasteiger partial charge in [-0.2, -0.15) is 0 Å². The van der Waals surface area contributed by atoms with Gasteiger partial charge in [0.2, 0.25) is 5.91 Å². The fourth-order valence-electron chi connectivity index (χ4n) is 8.81. The molecule has 0 heterocycles. The van der Waals surface area contributed by atoms with Crippen LogP contribution in [0.4, 0.5) is 0 Å². The van der Waals surface area contributed by atoms with Crippen LogP contribution in [-0.2, 0) is 27.9 Å². The lowest BCUT2D eigenvalue weighted by molar-refractivity contribution is -0.870. The molecule has 418 valence electrons. The summed E-state index contributed by atoms with van der Waals surface area (Å²) in [5.41, 5.74) is 0. The van der Waals surface area contributed by atoms with E-state index in [2.05, 4.69) is 50.4 Å². The minimum absolute atomic E-state index is 0.0390. The van der Waals surface area contributed by atoms with Crippen LogP contribution in [-0.4, -0.2) is 74.3 Å². The molecule has 0 aliphatic heterocycles. The minimum Gasteiger partial charge on any atom is -0.456 e. The molecule has 71 heavy (non-hydrogen) atoms. The number of phosphoric ester groups is 1. The standard InChI is InChI=1S/C61H117N2O7P/c1-7-10-13-16-19-22-25-27-28-29-30-31-32-33-34-36-39-42-45-48-51-54-61(65)70-59(52-49-46-43-40-37-24-21-18-15-12-9-3)58(57-69-71(66,67)68-56-55-63(4,5)6)62-60(64)53-50-47-44-41-38-35-26-23-20-17-14-11-8-2/h27-28,35,38,49,52,58-59H,7-26,29-34,36-37,39-48,50-51,53-57H2,1-6H3,(H-,62,64,66,67)/p+1/b28-27+,38-35-,52-49-. The molecular formula is C61H118N2O7P+. The van der Waals surface area contributed by atoms with Gasteiger partial charge in [-0.15, -0.1) is 0 Å². The molecule has 10 heteroatoms. The van der Waals surface area contributed by atoms with Crippen molar-refractivity contribution in [3.8, 4) is 0 Å². The highest BCUT2D eigenvalue weighted by Gasteiger charge is 2.30. The first-order valence-corrected chi connectivity index (χ1v) is 31.8. The number of ether oxygens (including phenoxy) is 1. The lowest BCUT2D eigenvalue weighted by Crippen LogP contribution is -2.47. The predicted octanol–water partition coefficient (Wildman–Crippen LogP) is 18.3. The molecule has 0 saturated heterocycles. The highest BCUT2D eigenvalue weighted by Crippen LogP contribution is 2.43. The van der Waals surface area contributed by atoms with Crippen LogP contribution in [0, 0.1) is 0 Å². The zero-order chi connectivity index (χ0) is 52.2. The Balaban J connectivity index is 5.19.